The van der Waals surface area contributed by atoms with Crippen molar-refractivity contribution in [3.8, 4) is 0 Å². The van der Waals surface area contributed by atoms with Gasteiger partial charge in [-0.25, -0.2) is 4.39 Å². The van der Waals surface area contributed by atoms with Crippen molar-refractivity contribution in [3.05, 3.63) is 0 Å². The maximum absolute atomic E-state index is 14.4. The largest absolute Gasteiger partial charge is 0.459 e. The maximum Gasteiger partial charge on any atom is 0.459 e. The van der Waals surface area contributed by atoms with Crippen LogP contribution in [0.3, 0.4) is 0 Å². The van der Waals surface area contributed by atoms with E-state index in [9.17, 15) is 53.1 Å². The molecule has 0 N–H and O–H groups in total. The standard InChI is InChI=1S/C21H24F11IO2/c1-8(2)17(11-4-9-3-10(6-11)7-12(17)5-9)35-16(34)14(33)13(19(25,26)27)15(22)18(23,24)20(28,29)21(30,31)32/h8-15H,3-7H2,1-2H3. The summed E-state index contributed by atoms with van der Waals surface area (Å²) in [4.78, 5) is 12.9. The molecule has 14 heteroatoms. The molecule has 0 aromatic carbocycles. The van der Waals surface area contributed by atoms with E-state index in [0.717, 1.165) is 6.42 Å². The van der Waals surface area contributed by atoms with Gasteiger partial charge >= 0.3 is 30.2 Å². The van der Waals surface area contributed by atoms with Crippen LogP contribution in [0.1, 0.15) is 46.0 Å². The van der Waals surface area contributed by atoms with Crippen LogP contribution in [0.15, 0.2) is 0 Å². The van der Waals surface area contributed by atoms with Gasteiger partial charge in [-0.1, -0.05) is 36.4 Å². The Balaban J connectivity index is 1.92. The molecule has 0 heterocycles. The van der Waals surface area contributed by atoms with Gasteiger partial charge in [0.05, 0.1) is 0 Å². The Bertz CT molecular complexity index is 780. The van der Waals surface area contributed by atoms with Gasteiger partial charge in [0.1, 0.15) is 15.4 Å². The summed E-state index contributed by atoms with van der Waals surface area (Å²) in [6.45, 7) is 3.35. The molecule has 4 aliphatic rings. The maximum atomic E-state index is 14.4. The molecule has 0 aromatic heterocycles. The second-order valence-corrected chi connectivity index (χ2v) is 11.6. The van der Waals surface area contributed by atoms with E-state index in [2.05, 4.69) is 0 Å². The van der Waals surface area contributed by atoms with Crippen molar-refractivity contribution >= 4 is 28.6 Å². The first-order valence-electron chi connectivity index (χ1n) is 11.1. The van der Waals surface area contributed by atoms with Gasteiger partial charge in [-0.05, 0) is 61.7 Å². The van der Waals surface area contributed by atoms with E-state index >= 15 is 0 Å². The fourth-order valence-corrected chi connectivity index (χ4v) is 7.49. The van der Waals surface area contributed by atoms with Crippen LogP contribution < -0.4 is 0 Å². The topological polar surface area (TPSA) is 26.3 Å². The van der Waals surface area contributed by atoms with Crippen molar-refractivity contribution < 1.29 is 57.8 Å². The zero-order valence-corrected chi connectivity index (χ0v) is 20.7. The lowest BCUT2D eigenvalue weighted by atomic mass is 9.47. The molecule has 0 aliphatic heterocycles. The number of hydrogen-bond donors (Lipinski definition) is 0. The molecule has 0 amide bonds. The zero-order valence-electron chi connectivity index (χ0n) is 18.5. The second kappa shape index (κ2) is 9.02. The van der Waals surface area contributed by atoms with E-state index in [0.29, 0.717) is 60.1 Å². The van der Waals surface area contributed by atoms with Crippen LogP contribution in [0.4, 0.5) is 48.3 Å². The minimum absolute atomic E-state index is 0.229. The molecule has 2 nitrogen and oxygen atoms in total. The Labute approximate surface area is 207 Å². The molecule has 4 fully saturated rings. The first kappa shape index (κ1) is 29.0. The lowest BCUT2D eigenvalue weighted by Gasteiger charge is -2.62. The third-order valence-electron chi connectivity index (χ3n) is 7.95. The average Bonchev–Trinajstić information content (AvgIpc) is 2.67. The molecule has 0 spiro atoms. The van der Waals surface area contributed by atoms with Gasteiger partial charge in [-0.15, -0.1) is 0 Å². The van der Waals surface area contributed by atoms with Crippen LogP contribution in [0.2, 0.25) is 0 Å². The third kappa shape index (κ3) is 4.63. The lowest BCUT2D eigenvalue weighted by Crippen LogP contribution is -2.64. The van der Waals surface area contributed by atoms with Crippen molar-refractivity contribution in [2.45, 2.75) is 85.8 Å². The van der Waals surface area contributed by atoms with Crippen LogP contribution in [0.5, 0.6) is 0 Å². The number of halogens is 12. The second-order valence-electron chi connectivity index (χ2n) is 10.3. The monoisotopic (exact) mass is 644 g/mol. The number of carbonyl (C=O) groups is 1. The Morgan fingerprint density at radius 3 is 1.63 bits per heavy atom. The first-order valence-corrected chi connectivity index (χ1v) is 12.3. The van der Waals surface area contributed by atoms with Crippen molar-refractivity contribution in [2.75, 3.05) is 0 Å². The molecule has 0 radical (unpaired) electrons. The highest BCUT2D eigenvalue weighted by molar-refractivity contribution is 14.1. The molecule has 0 saturated heterocycles. The predicted octanol–water partition coefficient (Wildman–Crippen LogP) is 7.53. The Kier molecular flexibility index (Phi) is 7.47. The summed E-state index contributed by atoms with van der Waals surface area (Å²) >= 11 is 0.648. The van der Waals surface area contributed by atoms with Crippen molar-refractivity contribution in [3.63, 3.8) is 0 Å². The SMILES string of the molecule is CC(C)C1(OC(=O)C(I)C(C(F)C(F)(F)C(F)(F)C(F)(F)F)C(F)(F)F)C2CC3CC(C2)CC1C3. The van der Waals surface area contributed by atoms with Gasteiger partial charge in [0.15, 0.2) is 6.17 Å². The Morgan fingerprint density at radius 2 is 1.29 bits per heavy atom. The first-order chi connectivity index (χ1) is 15.7. The summed E-state index contributed by atoms with van der Waals surface area (Å²) in [6.07, 6.45) is -14.6. The molecular formula is C21H24F11IO2. The van der Waals surface area contributed by atoms with Crippen molar-refractivity contribution in [1.82, 2.24) is 0 Å². The van der Waals surface area contributed by atoms with Crippen LogP contribution in [0.25, 0.3) is 0 Å². The van der Waals surface area contributed by atoms with Gasteiger partial charge in [-0.3, -0.25) is 4.79 Å². The third-order valence-corrected chi connectivity index (χ3v) is 9.23. The number of hydrogen-bond acceptors (Lipinski definition) is 2. The number of carbonyl (C=O) groups excluding carboxylic acids is 1. The van der Waals surface area contributed by atoms with Crippen molar-refractivity contribution in [1.29, 1.82) is 0 Å². The van der Waals surface area contributed by atoms with Crippen molar-refractivity contribution in [2.24, 2.45) is 35.5 Å². The van der Waals surface area contributed by atoms with E-state index < -0.39 is 57.7 Å². The molecule has 0 aromatic rings. The van der Waals surface area contributed by atoms with E-state index in [1.165, 1.54) is 0 Å². The van der Waals surface area contributed by atoms with Gasteiger partial charge in [0, 0.05) is 0 Å². The van der Waals surface area contributed by atoms with E-state index in [1.807, 2.05) is 0 Å². The summed E-state index contributed by atoms with van der Waals surface area (Å²) in [5, 5.41) is 0. The van der Waals surface area contributed by atoms with E-state index in [1.54, 1.807) is 13.8 Å². The Hall–Kier alpha value is -0.570. The summed E-state index contributed by atoms with van der Waals surface area (Å²) in [7, 11) is 0. The predicted molar refractivity (Wildman–Crippen MR) is 109 cm³/mol. The molecule has 3 atom stereocenters. The average molecular weight is 644 g/mol. The fraction of sp³-hybridized carbons (Fsp3) is 0.952. The van der Waals surface area contributed by atoms with Gasteiger partial charge in [0.25, 0.3) is 0 Å². The summed E-state index contributed by atoms with van der Waals surface area (Å²) in [6, 6.07) is 0. The quantitative estimate of drug-likeness (QED) is 0.124. The molecule has 204 valence electrons. The minimum atomic E-state index is -7.11. The fourth-order valence-electron chi connectivity index (χ4n) is 6.59. The van der Waals surface area contributed by atoms with Gasteiger partial charge in [0.2, 0.25) is 0 Å². The molecular weight excluding hydrogens is 620 g/mol. The Morgan fingerprint density at radius 1 is 0.857 bits per heavy atom. The summed E-state index contributed by atoms with van der Waals surface area (Å²) in [5.41, 5.74) is -1.26. The summed E-state index contributed by atoms with van der Waals surface area (Å²) < 4.78 is 150. The highest BCUT2D eigenvalue weighted by atomic mass is 127. The lowest BCUT2D eigenvalue weighted by molar-refractivity contribution is -0.374. The zero-order chi connectivity index (χ0) is 26.9. The highest BCUT2D eigenvalue weighted by Gasteiger charge is 2.78. The number of rotatable bonds is 7. The van der Waals surface area contributed by atoms with Crippen LogP contribution >= 0.6 is 22.6 Å². The molecule has 4 rings (SSSR count). The minimum Gasteiger partial charge on any atom is -0.457 e. The molecule has 4 bridgehead atoms. The van der Waals surface area contributed by atoms with E-state index in [4.69, 9.17) is 4.74 Å². The van der Waals surface area contributed by atoms with Crippen LogP contribution in [0, 0.1) is 35.5 Å². The highest BCUT2D eigenvalue weighted by Crippen LogP contribution is 2.62. The smallest absolute Gasteiger partial charge is 0.457 e. The molecule has 4 aliphatic carbocycles. The van der Waals surface area contributed by atoms with Crippen LogP contribution in [-0.2, 0) is 9.53 Å². The molecule has 4 saturated carbocycles. The summed E-state index contributed by atoms with van der Waals surface area (Å²) in [5.74, 6) is -20.0. The van der Waals surface area contributed by atoms with Crippen LogP contribution in [-0.4, -0.2) is 45.9 Å². The van der Waals surface area contributed by atoms with E-state index in [-0.39, 0.29) is 11.8 Å². The van der Waals surface area contributed by atoms with Gasteiger partial charge in [-0.2, -0.15) is 43.9 Å². The number of ether oxygens (including phenoxy) is 1. The molecule has 35 heavy (non-hydrogen) atoms. The number of esters is 1. The normalized spacial score (nSPS) is 34.1. The molecule has 3 unspecified atom stereocenters. The van der Waals surface area contributed by atoms with Gasteiger partial charge < -0.3 is 4.74 Å². The number of alkyl halides is 12.